The van der Waals surface area contributed by atoms with Crippen molar-refractivity contribution in [2.45, 2.75) is 0 Å². The van der Waals surface area contributed by atoms with Crippen molar-refractivity contribution in [3.8, 4) is 22.3 Å². The minimum absolute atomic E-state index is 0.148. The molecule has 0 bridgehead atoms. The molecule has 0 fully saturated rings. The fourth-order valence-corrected chi connectivity index (χ4v) is 4.52. The zero-order valence-corrected chi connectivity index (χ0v) is 16.9. The highest BCUT2D eigenvalue weighted by Gasteiger charge is 2.26. The average Bonchev–Trinajstić information content (AvgIpc) is 2.54. The third-order valence-corrected chi connectivity index (χ3v) is 5.87. The van der Waals surface area contributed by atoms with Gasteiger partial charge in [-0.3, -0.25) is 4.57 Å². The van der Waals surface area contributed by atoms with Crippen LogP contribution in [0.15, 0.2) is 54.6 Å². The highest BCUT2D eigenvalue weighted by Crippen LogP contribution is 2.45. The fourth-order valence-electron chi connectivity index (χ4n) is 2.69. The molecular weight excluding hydrogens is 437 g/mol. The van der Waals surface area contributed by atoms with Gasteiger partial charge in [-0.05, 0) is 35.9 Å². The van der Waals surface area contributed by atoms with Crippen molar-refractivity contribution in [3.05, 3.63) is 74.7 Å². The summed E-state index contributed by atoms with van der Waals surface area (Å²) in [5.41, 5.74) is 1.84. The van der Waals surface area contributed by atoms with E-state index < -0.39 is 7.60 Å². The predicted octanol–water partition coefficient (Wildman–Crippen LogP) is 6.44. The van der Waals surface area contributed by atoms with Crippen molar-refractivity contribution in [1.29, 1.82) is 0 Å². The van der Waals surface area contributed by atoms with E-state index in [1.54, 1.807) is 42.5 Å². The molecule has 134 valence electrons. The van der Waals surface area contributed by atoms with Crippen LogP contribution >= 0.6 is 54.0 Å². The lowest BCUT2D eigenvalue weighted by Gasteiger charge is -2.18. The predicted molar refractivity (Wildman–Crippen MR) is 109 cm³/mol. The van der Waals surface area contributed by atoms with Crippen LogP contribution in [0.25, 0.3) is 22.3 Å². The molecule has 0 aromatic heterocycles. The number of benzene rings is 3. The molecule has 0 saturated carbocycles. The summed E-state index contributed by atoms with van der Waals surface area (Å²) in [6.07, 6.45) is 0. The monoisotopic (exact) mass is 446 g/mol. The van der Waals surface area contributed by atoms with E-state index >= 15 is 0 Å². The van der Waals surface area contributed by atoms with Gasteiger partial charge in [0.2, 0.25) is 0 Å². The van der Waals surface area contributed by atoms with Gasteiger partial charge < -0.3 is 9.79 Å². The lowest BCUT2D eigenvalue weighted by molar-refractivity contribution is 0.387. The van der Waals surface area contributed by atoms with Gasteiger partial charge >= 0.3 is 7.60 Å². The Morgan fingerprint density at radius 3 is 1.73 bits per heavy atom. The zero-order valence-electron chi connectivity index (χ0n) is 13.0. The van der Waals surface area contributed by atoms with Crippen LogP contribution in [0.4, 0.5) is 0 Å². The summed E-state index contributed by atoms with van der Waals surface area (Å²) in [5, 5.41) is 1.34. The molecule has 8 heteroatoms. The second-order valence-corrected chi connectivity index (χ2v) is 8.75. The Kier molecular flexibility index (Phi) is 5.72. The maximum atomic E-state index is 12.1. The van der Waals surface area contributed by atoms with E-state index in [0.29, 0.717) is 37.3 Å². The third kappa shape index (κ3) is 3.95. The molecule has 0 aliphatic carbocycles. The quantitative estimate of drug-likeness (QED) is 0.454. The molecule has 0 amide bonds. The second-order valence-electron chi connectivity index (χ2n) is 5.49. The van der Waals surface area contributed by atoms with Gasteiger partial charge in [-0.2, -0.15) is 0 Å². The average molecular weight is 448 g/mol. The molecule has 0 aliphatic heterocycles. The van der Waals surface area contributed by atoms with E-state index in [9.17, 15) is 14.4 Å². The van der Waals surface area contributed by atoms with E-state index in [2.05, 4.69) is 0 Å². The summed E-state index contributed by atoms with van der Waals surface area (Å²) in [6, 6.07) is 14.3. The molecule has 0 atom stereocenters. The van der Waals surface area contributed by atoms with Gasteiger partial charge in [0.1, 0.15) is 0 Å². The summed E-state index contributed by atoms with van der Waals surface area (Å²) in [7, 11) is -4.59. The first-order chi connectivity index (χ1) is 12.2. The highest BCUT2D eigenvalue weighted by atomic mass is 35.5. The van der Waals surface area contributed by atoms with E-state index in [1.807, 2.05) is 0 Å². The molecule has 0 aliphatic rings. The SMILES string of the molecule is O=P(O)(O)c1cccc(-c2ccc(Cl)cc2Cl)c1-c1ccc(Cl)cc1Cl. The van der Waals surface area contributed by atoms with Crippen molar-refractivity contribution < 1.29 is 14.4 Å². The van der Waals surface area contributed by atoms with Crippen LogP contribution in [0.1, 0.15) is 0 Å². The largest absolute Gasteiger partial charge is 0.356 e. The van der Waals surface area contributed by atoms with Gasteiger partial charge in [-0.25, -0.2) is 0 Å². The van der Waals surface area contributed by atoms with Gasteiger partial charge in [0, 0.05) is 36.8 Å². The zero-order chi connectivity index (χ0) is 19.1. The Hall–Kier alpha value is -1.03. The Morgan fingerprint density at radius 1 is 0.692 bits per heavy atom. The lowest BCUT2D eigenvalue weighted by atomic mass is 9.94. The van der Waals surface area contributed by atoms with Gasteiger partial charge in [-0.1, -0.05) is 70.7 Å². The molecule has 0 radical (unpaired) electrons. The first-order valence-electron chi connectivity index (χ1n) is 7.28. The van der Waals surface area contributed by atoms with Crippen LogP contribution in [0.5, 0.6) is 0 Å². The molecular formula is C18H11Cl4O3P. The standard InChI is InChI=1S/C18H11Cl4O3P/c19-10-4-6-12(15(21)8-10)13-2-1-3-17(26(23,24)25)18(13)14-7-5-11(20)9-16(14)22/h1-9H,(H2,23,24,25). The molecule has 3 rings (SSSR count). The molecule has 3 nitrogen and oxygen atoms in total. The Labute approximate surface area is 170 Å². The van der Waals surface area contributed by atoms with E-state index in [0.717, 1.165) is 0 Å². The Bertz CT molecular complexity index is 1050. The number of hydrogen-bond acceptors (Lipinski definition) is 1. The maximum absolute atomic E-state index is 12.1. The molecule has 26 heavy (non-hydrogen) atoms. The minimum Gasteiger partial charge on any atom is -0.321 e. The van der Waals surface area contributed by atoms with Crippen molar-refractivity contribution in [2.75, 3.05) is 0 Å². The Balaban J connectivity index is 2.41. The second kappa shape index (κ2) is 7.53. The highest BCUT2D eigenvalue weighted by molar-refractivity contribution is 7.60. The van der Waals surface area contributed by atoms with Crippen LogP contribution in [-0.4, -0.2) is 9.79 Å². The molecule has 0 heterocycles. The van der Waals surface area contributed by atoms with Crippen molar-refractivity contribution in [1.82, 2.24) is 0 Å². The number of halogens is 4. The van der Waals surface area contributed by atoms with Crippen LogP contribution in [0, 0.1) is 0 Å². The molecule has 2 N–H and O–H groups in total. The van der Waals surface area contributed by atoms with Crippen molar-refractivity contribution >= 4 is 59.3 Å². The first kappa shape index (κ1) is 19.7. The lowest BCUT2D eigenvalue weighted by Crippen LogP contribution is -2.09. The minimum atomic E-state index is -4.59. The number of rotatable bonds is 3. The van der Waals surface area contributed by atoms with Crippen LogP contribution < -0.4 is 5.30 Å². The topological polar surface area (TPSA) is 57.5 Å². The van der Waals surface area contributed by atoms with E-state index in [1.165, 1.54) is 12.1 Å². The first-order valence-corrected chi connectivity index (χ1v) is 10.4. The van der Waals surface area contributed by atoms with Crippen LogP contribution in [0.2, 0.25) is 20.1 Å². The normalized spacial score (nSPS) is 11.6. The van der Waals surface area contributed by atoms with Crippen molar-refractivity contribution in [3.63, 3.8) is 0 Å². The van der Waals surface area contributed by atoms with Crippen LogP contribution in [0.3, 0.4) is 0 Å². The summed E-state index contributed by atoms with van der Waals surface area (Å²) in [4.78, 5) is 19.7. The van der Waals surface area contributed by atoms with E-state index in [4.69, 9.17) is 46.4 Å². The fraction of sp³-hybridized carbons (Fsp3) is 0. The van der Waals surface area contributed by atoms with Crippen LogP contribution in [-0.2, 0) is 4.57 Å². The van der Waals surface area contributed by atoms with Gasteiger partial charge in [0.15, 0.2) is 0 Å². The summed E-state index contributed by atoms with van der Waals surface area (Å²) in [6.45, 7) is 0. The maximum Gasteiger partial charge on any atom is 0.356 e. The summed E-state index contributed by atoms with van der Waals surface area (Å²) >= 11 is 24.6. The Morgan fingerprint density at radius 2 is 1.23 bits per heavy atom. The summed E-state index contributed by atoms with van der Waals surface area (Å²) < 4.78 is 12.1. The summed E-state index contributed by atoms with van der Waals surface area (Å²) in [5.74, 6) is 0. The molecule has 3 aromatic rings. The van der Waals surface area contributed by atoms with Crippen molar-refractivity contribution in [2.24, 2.45) is 0 Å². The number of hydrogen-bond donors (Lipinski definition) is 2. The van der Waals surface area contributed by atoms with Gasteiger partial charge in [0.25, 0.3) is 0 Å². The van der Waals surface area contributed by atoms with E-state index in [-0.39, 0.29) is 10.3 Å². The van der Waals surface area contributed by atoms with Gasteiger partial charge in [-0.15, -0.1) is 0 Å². The molecule has 0 spiro atoms. The smallest absolute Gasteiger partial charge is 0.321 e. The molecule has 0 saturated heterocycles. The third-order valence-electron chi connectivity index (χ3n) is 3.78. The molecule has 3 aromatic carbocycles. The molecule has 0 unspecified atom stereocenters. The van der Waals surface area contributed by atoms with Gasteiger partial charge in [0.05, 0.1) is 5.30 Å².